The van der Waals surface area contributed by atoms with Gasteiger partial charge in [0.2, 0.25) is 4.77 Å². The number of H-pyrrole nitrogens is 1. The normalized spacial score (nSPS) is 11.2. The highest BCUT2D eigenvalue weighted by atomic mass is 32.2. The molecule has 0 saturated carbocycles. The van der Waals surface area contributed by atoms with Gasteiger partial charge in [-0.05, 0) is 43.1 Å². The molecule has 0 fully saturated rings. The lowest BCUT2D eigenvalue weighted by Gasteiger charge is -1.97. The molecule has 0 aliphatic carbocycles. The summed E-state index contributed by atoms with van der Waals surface area (Å²) in [6.45, 7) is 1.85. The zero-order chi connectivity index (χ0) is 12.3. The van der Waals surface area contributed by atoms with Crippen LogP contribution in [0.5, 0.6) is 0 Å². The Morgan fingerprint density at radius 1 is 1.41 bits per heavy atom. The Bertz CT molecular complexity index is 580. The van der Waals surface area contributed by atoms with Crippen molar-refractivity contribution in [1.29, 1.82) is 0 Å². The number of hydrogen-bond acceptors (Lipinski definition) is 4. The molecule has 0 atom stereocenters. The number of aromatic amines is 1. The standard InChI is InChI=1S/C11H12N4S2/c1-8-13-14-11(16)15(8)12-7-9-3-5-10(17-2)6-4-9/h3-7H,1-2H3,(H,14,16)/b12-7+. The van der Waals surface area contributed by atoms with Crippen molar-refractivity contribution in [2.24, 2.45) is 5.10 Å². The van der Waals surface area contributed by atoms with Crippen molar-refractivity contribution in [3.8, 4) is 0 Å². The number of aromatic nitrogens is 3. The van der Waals surface area contributed by atoms with Crippen LogP contribution in [0, 0.1) is 11.7 Å². The molecule has 1 aromatic heterocycles. The Balaban J connectivity index is 2.23. The molecule has 1 aromatic carbocycles. The van der Waals surface area contributed by atoms with Gasteiger partial charge >= 0.3 is 0 Å². The van der Waals surface area contributed by atoms with Crippen molar-refractivity contribution in [2.45, 2.75) is 11.8 Å². The first-order valence-corrected chi connectivity index (χ1v) is 6.66. The van der Waals surface area contributed by atoms with Crippen LogP contribution in [0.25, 0.3) is 0 Å². The minimum Gasteiger partial charge on any atom is -0.250 e. The molecule has 17 heavy (non-hydrogen) atoms. The average molecular weight is 264 g/mol. The minimum absolute atomic E-state index is 0.500. The molecule has 0 radical (unpaired) electrons. The summed E-state index contributed by atoms with van der Waals surface area (Å²) in [5, 5.41) is 11.0. The van der Waals surface area contributed by atoms with Gasteiger partial charge in [-0.15, -0.1) is 11.8 Å². The molecule has 0 aliphatic heterocycles. The van der Waals surface area contributed by atoms with Gasteiger partial charge in [0.05, 0.1) is 6.21 Å². The molecule has 88 valence electrons. The highest BCUT2D eigenvalue weighted by Gasteiger charge is 1.97. The van der Waals surface area contributed by atoms with Gasteiger partial charge in [0.1, 0.15) is 5.82 Å². The molecule has 1 N–H and O–H groups in total. The van der Waals surface area contributed by atoms with Gasteiger partial charge < -0.3 is 0 Å². The highest BCUT2D eigenvalue weighted by Crippen LogP contribution is 2.13. The van der Waals surface area contributed by atoms with Crippen molar-refractivity contribution in [3.05, 3.63) is 40.4 Å². The van der Waals surface area contributed by atoms with Crippen molar-refractivity contribution >= 4 is 30.2 Å². The van der Waals surface area contributed by atoms with Gasteiger partial charge in [-0.1, -0.05) is 12.1 Å². The Kier molecular flexibility index (Phi) is 3.75. The molecule has 0 aliphatic rings. The molecular formula is C11H12N4S2. The largest absolute Gasteiger partial charge is 0.250 e. The van der Waals surface area contributed by atoms with E-state index in [1.165, 1.54) is 4.90 Å². The maximum absolute atomic E-state index is 5.06. The summed E-state index contributed by atoms with van der Waals surface area (Å²) >= 11 is 6.77. The van der Waals surface area contributed by atoms with Crippen LogP contribution < -0.4 is 0 Å². The number of nitrogens with zero attached hydrogens (tertiary/aromatic N) is 3. The number of thioether (sulfide) groups is 1. The first-order valence-electron chi connectivity index (χ1n) is 5.03. The third-order valence-electron chi connectivity index (χ3n) is 2.25. The average Bonchev–Trinajstić information content (AvgIpc) is 2.67. The highest BCUT2D eigenvalue weighted by molar-refractivity contribution is 7.98. The number of benzene rings is 1. The van der Waals surface area contributed by atoms with Crippen LogP contribution in [0.3, 0.4) is 0 Å². The van der Waals surface area contributed by atoms with E-state index in [1.54, 1.807) is 22.7 Å². The molecule has 0 unspecified atom stereocenters. The summed E-state index contributed by atoms with van der Waals surface area (Å²) < 4.78 is 2.09. The number of hydrogen-bond donors (Lipinski definition) is 1. The van der Waals surface area contributed by atoms with Gasteiger partial charge in [0, 0.05) is 4.90 Å². The lowest BCUT2D eigenvalue weighted by atomic mass is 10.2. The Hall–Kier alpha value is -1.40. The number of nitrogens with one attached hydrogen (secondary N) is 1. The van der Waals surface area contributed by atoms with Gasteiger partial charge in [-0.25, -0.2) is 0 Å². The monoisotopic (exact) mass is 264 g/mol. The number of rotatable bonds is 3. The van der Waals surface area contributed by atoms with Gasteiger partial charge in [0.25, 0.3) is 0 Å². The predicted molar refractivity (Wildman–Crippen MR) is 73.4 cm³/mol. The molecule has 4 nitrogen and oxygen atoms in total. The fourth-order valence-electron chi connectivity index (χ4n) is 1.32. The summed E-state index contributed by atoms with van der Waals surface area (Å²) in [5.74, 6) is 0.743. The maximum Gasteiger partial charge on any atom is 0.216 e. The van der Waals surface area contributed by atoms with E-state index in [1.807, 2.05) is 19.1 Å². The van der Waals surface area contributed by atoms with Crippen LogP contribution in [-0.4, -0.2) is 27.3 Å². The van der Waals surface area contributed by atoms with E-state index in [2.05, 4.69) is 33.7 Å². The van der Waals surface area contributed by atoms with Gasteiger partial charge in [-0.2, -0.15) is 14.9 Å². The van der Waals surface area contributed by atoms with Crippen LogP contribution in [0.1, 0.15) is 11.4 Å². The SMILES string of the molecule is CSc1ccc(/C=N/n2c(C)n[nH]c2=S)cc1. The molecule has 6 heteroatoms. The summed E-state index contributed by atoms with van der Waals surface area (Å²) in [5.41, 5.74) is 1.03. The van der Waals surface area contributed by atoms with E-state index in [9.17, 15) is 0 Å². The molecular weight excluding hydrogens is 252 g/mol. The van der Waals surface area contributed by atoms with E-state index < -0.39 is 0 Å². The van der Waals surface area contributed by atoms with Crippen LogP contribution in [0.4, 0.5) is 0 Å². The first-order chi connectivity index (χ1) is 8.20. The van der Waals surface area contributed by atoms with E-state index in [0.29, 0.717) is 4.77 Å². The van der Waals surface area contributed by atoms with Crippen LogP contribution in [0.15, 0.2) is 34.3 Å². The first kappa shape index (κ1) is 12.1. The second-order valence-corrected chi connectivity index (χ2v) is 4.67. The van der Waals surface area contributed by atoms with Crippen LogP contribution >= 0.6 is 24.0 Å². The molecule has 0 amide bonds. The molecule has 0 saturated heterocycles. The molecule has 0 bridgehead atoms. The smallest absolute Gasteiger partial charge is 0.216 e. The topological polar surface area (TPSA) is 46.0 Å². The van der Waals surface area contributed by atoms with E-state index in [0.717, 1.165) is 11.4 Å². The summed E-state index contributed by atoms with van der Waals surface area (Å²) in [6.07, 6.45) is 3.82. The van der Waals surface area contributed by atoms with Crippen LogP contribution in [0.2, 0.25) is 0 Å². The molecule has 0 spiro atoms. The zero-order valence-electron chi connectivity index (χ0n) is 9.54. The third kappa shape index (κ3) is 2.83. The predicted octanol–water partition coefficient (Wildman–Crippen LogP) is 2.85. The minimum atomic E-state index is 0.500. The van der Waals surface area contributed by atoms with Gasteiger partial charge in [0.15, 0.2) is 0 Å². The van der Waals surface area contributed by atoms with E-state index in [-0.39, 0.29) is 0 Å². The fourth-order valence-corrected chi connectivity index (χ4v) is 1.95. The molecule has 2 aromatic rings. The summed E-state index contributed by atoms with van der Waals surface area (Å²) in [4.78, 5) is 1.23. The second kappa shape index (κ2) is 5.29. The summed E-state index contributed by atoms with van der Waals surface area (Å²) in [7, 11) is 0. The maximum atomic E-state index is 5.06. The fraction of sp³-hybridized carbons (Fsp3) is 0.182. The Morgan fingerprint density at radius 2 is 2.12 bits per heavy atom. The van der Waals surface area contributed by atoms with Crippen LogP contribution in [-0.2, 0) is 0 Å². The Labute approximate surface area is 109 Å². The second-order valence-electron chi connectivity index (χ2n) is 3.41. The zero-order valence-corrected chi connectivity index (χ0v) is 11.2. The lowest BCUT2D eigenvalue weighted by molar-refractivity contribution is 0.821. The van der Waals surface area contributed by atoms with Crippen molar-refractivity contribution < 1.29 is 0 Å². The number of aryl methyl sites for hydroxylation is 1. The van der Waals surface area contributed by atoms with Crippen molar-refractivity contribution in [2.75, 3.05) is 6.26 Å². The lowest BCUT2D eigenvalue weighted by Crippen LogP contribution is -1.93. The third-order valence-corrected chi connectivity index (χ3v) is 3.26. The van der Waals surface area contributed by atoms with Gasteiger partial charge in [-0.3, -0.25) is 5.10 Å². The van der Waals surface area contributed by atoms with Crippen molar-refractivity contribution in [1.82, 2.24) is 14.9 Å². The quantitative estimate of drug-likeness (QED) is 0.527. The summed E-state index contributed by atoms with van der Waals surface area (Å²) in [6, 6.07) is 8.17. The van der Waals surface area contributed by atoms with E-state index in [4.69, 9.17) is 12.2 Å². The molecule has 2 rings (SSSR count). The Morgan fingerprint density at radius 3 is 2.65 bits per heavy atom. The molecule has 1 heterocycles. The van der Waals surface area contributed by atoms with Crippen molar-refractivity contribution in [3.63, 3.8) is 0 Å². The van der Waals surface area contributed by atoms with E-state index >= 15 is 0 Å².